The Bertz CT molecular complexity index is 1510. The van der Waals surface area contributed by atoms with Crippen LogP contribution in [0.15, 0.2) is 65.8 Å². The first-order chi connectivity index (χ1) is 20.1. The molecule has 0 saturated heterocycles. The molecular weight excluding hydrogens is 601 g/mol. The molecule has 2 aromatic heterocycles. The number of alkyl halides is 2. The molecule has 0 radical (unpaired) electrons. The van der Waals surface area contributed by atoms with Gasteiger partial charge in [-0.15, -0.1) is 0 Å². The molecule has 5 rings (SSSR count). The molecule has 3 heterocycles. The van der Waals surface area contributed by atoms with Crippen molar-refractivity contribution in [3.8, 4) is 5.88 Å². The van der Waals surface area contributed by atoms with Crippen molar-refractivity contribution < 1.29 is 22.3 Å². The maximum Gasteiger partial charge on any atom is 0.261 e. The first kappa shape index (κ1) is 30.6. The van der Waals surface area contributed by atoms with Crippen LogP contribution in [0.1, 0.15) is 27.2 Å². The molecule has 42 heavy (non-hydrogen) atoms. The summed E-state index contributed by atoms with van der Waals surface area (Å²) >= 11 is 7.24. The predicted molar refractivity (Wildman–Crippen MR) is 165 cm³/mol. The molecule has 0 unspecified atom stereocenters. The number of anilines is 1. The molecular formula is C30H32ClF3N4O2SSi. The van der Waals surface area contributed by atoms with Gasteiger partial charge in [-0.1, -0.05) is 105 Å². The normalized spacial score (nSPS) is 15.6. The lowest BCUT2D eigenvalue weighted by molar-refractivity contribution is 0.145. The lowest BCUT2D eigenvalue weighted by atomic mass is 10.1. The van der Waals surface area contributed by atoms with Gasteiger partial charge in [-0.3, -0.25) is 0 Å². The van der Waals surface area contributed by atoms with E-state index in [1.165, 1.54) is 16.7 Å². The highest BCUT2D eigenvalue weighted by Gasteiger charge is 2.50. The van der Waals surface area contributed by atoms with E-state index in [-0.39, 0.29) is 46.0 Å². The molecule has 1 atom stereocenters. The Balaban J connectivity index is 1.54. The lowest BCUT2D eigenvalue weighted by Gasteiger charge is -2.43. The number of hydrogen-bond donors (Lipinski definition) is 0. The molecule has 0 N–H and O–H groups in total. The number of ether oxygens (including phenoxy) is 1. The SMILES string of the molecule is CSc1nc2c3c(nc(Cl)c(F)c3n1)OC[C@H](CCO[Si](c1ccccc1)(c1ccccc1)C(C)(C)C)N2CC(F)F. The molecule has 1 aliphatic rings. The van der Waals surface area contributed by atoms with Gasteiger partial charge in [-0.25, -0.2) is 23.1 Å². The van der Waals surface area contributed by atoms with Crippen molar-refractivity contribution in [3.05, 3.63) is 71.6 Å². The van der Waals surface area contributed by atoms with Crippen LogP contribution in [0.4, 0.5) is 19.0 Å². The number of halogens is 4. The van der Waals surface area contributed by atoms with Gasteiger partial charge in [0.2, 0.25) is 5.88 Å². The van der Waals surface area contributed by atoms with Crippen molar-refractivity contribution in [1.82, 2.24) is 15.0 Å². The van der Waals surface area contributed by atoms with E-state index in [4.69, 9.17) is 20.8 Å². The van der Waals surface area contributed by atoms with Crippen molar-refractivity contribution in [2.75, 3.05) is 30.9 Å². The number of thioether (sulfide) groups is 1. The van der Waals surface area contributed by atoms with Crippen LogP contribution in [0.5, 0.6) is 5.88 Å². The lowest BCUT2D eigenvalue weighted by Crippen LogP contribution is -2.66. The Kier molecular flexibility index (Phi) is 9.03. The van der Waals surface area contributed by atoms with Gasteiger partial charge >= 0.3 is 0 Å². The third kappa shape index (κ3) is 5.71. The molecule has 1 aliphatic heterocycles. The summed E-state index contributed by atoms with van der Waals surface area (Å²) in [5, 5.41) is 1.95. The van der Waals surface area contributed by atoms with Gasteiger partial charge in [0.1, 0.15) is 23.3 Å². The van der Waals surface area contributed by atoms with E-state index in [2.05, 4.69) is 60.0 Å². The van der Waals surface area contributed by atoms with Crippen molar-refractivity contribution >= 4 is 58.8 Å². The zero-order valence-corrected chi connectivity index (χ0v) is 26.4. The van der Waals surface area contributed by atoms with Gasteiger partial charge in [0.25, 0.3) is 14.7 Å². The van der Waals surface area contributed by atoms with Crippen molar-refractivity contribution in [1.29, 1.82) is 0 Å². The minimum absolute atomic E-state index is 0.00580. The van der Waals surface area contributed by atoms with Crippen molar-refractivity contribution in [3.63, 3.8) is 0 Å². The molecule has 2 aromatic carbocycles. The average Bonchev–Trinajstić information content (AvgIpc) is 3.11. The number of rotatable bonds is 9. The van der Waals surface area contributed by atoms with E-state index >= 15 is 4.39 Å². The van der Waals surface area contributed by atoms with Crippen LogP contribution in [0, 0.1) is 5.82 Å². The van der Waals surface area contributed by atoms with E-state index in [0.717, 1.165) is 10.4 Å². The van der Waals surface area contributed by atoms with Gasteiger partial charge in [-0.05, 0) is 28.1 Å². The van der Waals surface area contributed by atoms with E-state index < -0.39 is 38.3 Å². The summed E-state index contributed by atoms with van der Waals surface area (Å²) < 4.78 is 56.2. The van der Waals surface area contributed by atoms with Crippen LogP contribution in [0.2, 0.25) is 10.2 Å². The summed E-state index contributed by atoms with van der Waals surface area (Å²) in [7, 11) is -2.86. The Morgan fingerprint density at radius 1 is 1.05 bits per heavy atom. The van der Waals surface area contributed by atoms with Gasteiger partial charge < -0.3 is 14.1 Å². The van der Waals surface area contributed by atoms with Crippen LogP contribution in [-0.4, -0.2) is 61.8 Å². The Labute approximate surface area is 253 Å². The largest absolute Gasteiger partial charge is 0.475 e. The van der Waals surface area contributed by atoms with E-state index in [1.54, 1.807) is 6.26 Å². The average molecular weight is 633 g/mol. The van der Waals surface area contributed by atoms with Gasteiger partial charge in [0.05, 0.1) is 12.6 Å². The Hall–Kier alpha value is -2.86. The minimum Gasteiger partial charge on any atom is -0.475 e. The third-order valence-corrected chi connectivity index (χ3v) is 13.3. The number of hydrogen-bond acceptors (Lipinski definition) is 7. The molecule has 222 valence electrons. The third-order valence-electron chi connectivity index (χ3n) is 7.50. The maximum absolute atomic E-state index is 15.1. The summed E-state index contributed by atoms with van der Waals surface area (Å²) in [4.78, 5) is 14.4. The van der Waals surface area contributed by atoms with E-state index in [0.29, 0.717) is 6.42 Å². The number of aromatic nitrogens is 3. The van der Waals surface area contributed by atoms with Gasteiger partial charge in [-0.2, -0.15) is 4.98 Å². The molecule has 0 aliphatic carbocycles. The van der Waals surface area contributed by atoms with Crippen LogP contribution < -0.4 is 20.0 Å². The molecule has 6 nitrogen and oxygen atoms in total. The van der Waals surface area contributed by atoms with Gasteiger partial charge in [0.15, 0.2) is 16.1 Å². The molecule has 0 spiro atoms. The second-order valence-corrected chi connectivity index (χ2v) is 16.5. The fraction of sp³-hybridized carbons (Fsp3) is 0.367. The molecule has 0 bridgehead atoms. The minimum atomic E-state index is -2.86. The molecule has 0 amide bonds. The predicted octanol–water partition coefficient (Wildman–Crippen LogP) is 6.34. The molecule has 0 fully saturated rings. The van der Waals surface area contributed by atoms with Crippen molar-refractivity contribution in [2.45, 2.75) is 49.9 Å². The summed E-state index contributed by atoms with van der Waals surface area (Å²) in [6.45, 7) is 6.18. The summed E-state index contributed by atoms with van der Waals surface area (Å²) in [6, 6.07) is 19.8. The topological polar surface area (TPSA) is 60.4 Å². The summed E-state index contributed by atoms with van der Waals surface area (Å²) in [6.07, 6.45) is -0.601. The highest BCUT2D eigenvalue weighted by atomic mass is 35.5. The van der Waals surface area contributed by atoms with E-state index in [1.807, 2.05) is 36.4 Å². The Morgan fingerprint density at radius 2 is 1.67 bits per heavy atom. The zero-order valence-electron chi connectivity index (χ0n) is 23.8. The molecule has 4 aromatic rings. The second-order valence-electron chi connectivity index (χ2n) is 11.1. The standard InChI is InChI=1S/C30H32ClF3N4O2SSi/c1-30(2,3)42(20-11-7-5-8-12-20,21-13-9-6-10-14-21)40-16-15-19-18-39-28-23-25(24(34)26(31)36-28)35-29(41-4)37-27(23)38(19)17-22(32)33/h5-14,19,22H,15-18H2,1-4H3/t19-/m0/s1. The molecule has 12 heteroatoms. The van der Waals surface area contributed by atoms with Crippen LogP contribution in [-0.2, 0) is 4.43 Å². The summed E-state index contributed by atoms with van der Waals surface area (Å²) in [5.41, 5.74) is -0.108. The highest BCUT2D eigenvalue weighted by Crippen LogP contribution is 2.40. The van der Waals surface area contributed by atoms with Crippen LogP contribution >= 0.6 is 23.4 Å². The van der Waals surface area contributed by atoms with Gasteiger partial charge in [0, 0.05) is 6.61 Å². The summed E-state index contributed by atoms with van der Waals surface area (Å²) in [5.74, 6) is -0.673. The number of benzene rings is 2. The van der Waals surface area contributed by atoms with E-state index in [9.17, 15) is 8.78 Å². The van der Waals surface area contributed by atoms with Crippen molar-refractivity contribution in [2.24, 2.45) is 0 Å². The fourth-order valence-electron chi connectivity index (χ4n) is 5.65. The number of nitrogens with zero attached hydrogens (tertiary/aromatic N) is 4. The second kappa shape index (κ2) is 12.4. The smallest absolute Gasteiger partial charge is 0.261 e. The first-order valence-corrected chi connectivity index (χ1v) is 17.1. The monoisotopic (exact) mass is 632 g/mol. The quantitative estimate of drug-likeness (QED) is 0.0924. The molecule has 0 saturated carbocycles. The maximum atomic E-state index is 15.1. The fourth-order valence-corrected chi connectivity index (χ4v) is 10.8. The highest BCUT2D eigenvalue weighted by molar-refractivity contribution is 7.98. The Morgan fingerprint density at radius 3 is 2.21 bits per heavy atom. The van der Waals surface area contributed by atoms with Crippen LogP contribution in [0.3, 0.4) is 0 Å². The number of pyridine rings is 1. The zero-order chi connectivity index (χ0) is 30.1. The van der Waals surface area contributed by atoms with Crippen LogP contribution in [0.25, 0.3) is 10.9 Å². The first-order valence-electron chi connectivity index (χ1n) is 13.6.